The number of thiazole rings is 1. The number of likely N-dealkylation sites (N-methyl/N-ethyl adjacent to an activating group) is 1. The van der Waals surface area contributed by atoms with Crippen LogP contribution in [0.3, 0.4) is 0 Å². The van der Waals surface area contributed by atoms with Crippen LogP contribution in [0.1, 0.15) is 24.1 Å². The number of hydrogen-bond acceptors (Lipinski definition) is 5. The number of likely N-dealkylation sites (tertiary alicyclic amines) is 1. The molecule has 6 nitrogen and oxygen atoms in total. The van der Waals surface area contributed by atoms with Crippen molar-refractivity contribution in [3.05, 3.63) is 44.9 Å². The Hall–Kier alpha value is -1.67. The Morgan fingerprint density at radius 1 is 1.28 bits per heavy atom. The predicted octanol–water partition coefficient (Wildman–Crippen LogP) is 4.07. The summed E-state index contributed by atoms with van der Waals surface area (Å²) in [6, 6.07) is 5.38. The van der Waals surface area contributed by atoms with Crippen LogP contribution in [-0.4, -0.2) is 53.3 Å². The van der Waals surface area contributed by atoms with Crippen LogP contribution in [0, 0.1) is 12.8 Å². The highest BCUT2D eigenvalue weighted by atomic mass is 35.5. The van der Waals surface area contributed by atoms with Crippen molar-refractivity contribution in [2.24, 2.45) is 5.92 Å². The van der Waals surface area contributed by atoms with Crippen molar-refractivity contribution in [2.75, 3.05) is 32.0 Å². The number of aryl methyl sites for hydroxylation is 1. The van der Waals surface area contributed by atoms with Crippen LogP contribution in [0.25, 0.3) is 0 Å². The molecule has 2 amide bonds. The first-order chi connectivity index (χ1) is 13.8. The Bertz CT molecular complexity index is 881. The van der Waals surface area contributed by atoms with Gasteiger partial charge in [-0.25, -0.2) is 4.98 Å². The smallest absolute Gasteiger partial charge is 0.236 e. The Morgan fingerprint density at radius 3 is 2.62 bits per heavy atom. The third-order valence-corrected chi connectivity index (χ3v) is 6.61. The first-order valence-electron chi connectivity index (χ1n) is 9.45. The van der Waals surface area contributed by atoms with Gasteiger partial charge in [-0.05, 0) is 50.6 Å². The normalized spacial score (nSPS) is 15.3. The number of hydrogen-bond donors (Lipinski definition) is 1. The molecule has 1 aromatic heterocycles. The highest BCUT2D eigenvalue weighted by Crippen LogP contribution is 2.24. The second-order valence-corrected chi connectivity index (χ2v) is 9.00. The second-order valence-electron chi connectivity index (χ2n) is 7.33. The van der Waals surface area contributed by atoms with Gasteiger partial charge in [-0.2, -0.15) is 0 Å². The van der Waals surface area contributed by atoms with Crippen molar-refractivity contribution in [1.29, 1.82) is 0 Å². The quantitative estimate of drug-likeness (QED) is 0.714. The van der Waals surface area contributed by atoms with Gasteiger partial charge in [0, 0.05) is 24.9 Å². The van der Waals surface area contributed by atoms with Gasteiger partial charge in [-0.1, -0.05) is 29.3 Å². The molecule has 1 aliphatic rings. The SMILES string of the molecule is Cc1csc(NC(=O)C2CCN(CC(=O)N(C)Cc3ccc(Cl)c(Cl)c3)CC2)n1. The van der Waals surface area contributed by atoms with E-state index in [0.29, 0.717) is 28.3 Å². The zero-order chi connectivity index (χ0) is 21.0. The van der Waals surface area contributed by atoms with Gasteiger partial charge >= 0.3 is 0 Å². The van der Waals surface area contributed by atoms with Crippen molar-refractivity contribution in [1.82, 2.24) is 14.8 Å². The number of benzene rings is 1. The van der Waals surface area contributed by atoms with Crippen LogP contribution in [0.5, 0.6) is 0 Å². The summed E-state index contributed by atoms with van der Waals surface area (Å²) in [6.45, 7) is 4.17. The van der Waals surface area contributed by atoms with Gasteiger partial charge in [0.15, 0.2) is 5.13 Å². The first kappa shape index (κ1) is 22.0. The van der Waals surface area contributed by atoms with E-state index < -0.39 is 0 Å². The molecule has 29 heavy (non-hydrogen) atoms. The molecule has 0 unspecified atom stereocenters. The van der Waals surface area contributed by atoms with Crippen molar-refractivity contribution >= 4 is 51.5 Å². The summed E-state index contributed by atoms with van der Waals surface area (Å²) >= 11 is 13.4. The number of carbonyl (C=O) groups excluding carboxylic acids is 2. The van der Waals surface area contributed by atoms with Gasteiger partial charge < -0.3 is 10.2 Å². The van der Waals surface area contributed by atoms with E-state index in [4.69, 9.17) is 23.2 Å². The minimum absolute atomic E-state index is 0.0158. The summed E-state index contributed by atoms with van der Waals surface area (Å²) in [5.74, 6) is 0.0128. The molecule has 1 aromatic carbocycles. The van der Waals surface area contributed by atoms with Gasteiger partial charge in [-0.3, -0.25) is 14.5 Å². The number of nitrogens with one attached hydrogen (secondary N) is 1. The lowest BCUT2D eigenvalue weighted by atomic mass is 9.96. The monoisotopic (exact) mass is 454 g/mol. The van der Waals surface area contributed by atoms with E-state index in [-0.39, 0.29) is 17.7 Å². The molecular weight excluding hydrogens is 431 g/mol. The predicted molar refractivity (Wildman–Crippen MR) is 118 cm³/mol. The highest BCUT2D eigenvalue weighted by Gasteiger charge is 2.27. The second kappa shape index (κ2) is 9.89. The van der Waals surface area contributed by atoms with E-state index in [1.165, 1.54) is 11.3 Å². The molecule has 0 saturated carbocycles. The zero-order valence-electron chi connectivity index (χ0n) is 16.5. The van der Waals surface area contributed by atoms with E-state index in [1.807, 2.05) is 18.4 Å². The van der Waals surface area contributed by atoms with Gasteiger partial charge in [-0.15, -0.1) is 11.3 Å². The summed E-state index contributed by atoms with van der Waals surface area (Å²) in [5, 5.41) is 6.44. The number of nitrogens with zero attached hydrogens (tertiary/aromatic N) is 3. The lowest BCUT2D eigenvalue weighted by Gasteiger charge is -2.31. The van der Waals surface area contributed by atoms with Crippen LogP contribution in [0.15, 0.2) is 23.6 Å². The number of carbonyl (C=O) groups is 2. The summed E-state index contributed by atoms with van der Waals surface area (Å²) in [5.41, 5.74) is 1.84. The Labute approximate surface area is 184 Å². The third-order valence-electron chi connectivity index (χ3n) is 5.00. The summed E-state index contributed by atoms with van der Waals surface area (Å²) in [6.07, 6.45) is 1.47. The van der Waals surface area contributed by atoms with E-state index in [9.17, 15) is 9.59 Å². The fourth-order valence-electron chi connectivity index (χ4n) is 3.28. The number of amides is 2. The standard InChI is InChI=1S/C20H24Cl2N4O2S/c1-13-12-29-20(23-13)24-19(28)15-5-7-26(8-6-15)11-18(27)25(2)10-14-3-4-16(21)17(22)9-14/h3-4,9,12,15H,5-8,10-11H2,1-2H3,(H,23,24,28). The van der Waals surface area contributed by atoms with Crippen molar-refractivity contribution < 1.29 is 9.59 Å². The third kappa shape index (κ3) is 6.15. The Balaban J connectivity index is 1.43. The van der Waals surface area contributed by atoms with E-state index in [2.05, 4.69) is 15.2 Å². The fourth-order valence-corrected chi connectivity index (χ4v) is 4.30. The molecule has 1 N–H and O–H groups in total. The van der Waals surface area contributed by atoms with Crippen LogP contribution in [0.4, 0.5) is 5.13 Å². The molecule has 156 valence electrons. The van der Waals surface area contributed by atoms with Crippen LogP contribution < -0.4 is 5.32 Å². The van der Waals surface area contributed by atoms with Crippen LogP contribution in [0.2, 0.25) is 10.0 Å². The molecule has 1 aliphatic heterocycles. The molecule has 2 heterocycles. The molecule has 0 radical (unpaired) electrons. The number of anilines is 1. The van der Waals surface area contributed by atoms with Gasteiger partial charge in [0.25, 0.3) is 0 Å². The molecular formula is C20H24Cl2N4O2S. The summed E-state index contributed by atoms with van der Waals surface area (Å²) in [7, 11) is 1.78. The number of rotatable bonds is 6. The Morgan fingerprint density at radius 2 is 2.00 bits per heavy atom. The molecule has 0 aliphatic carbocycles. The van der Waals surface area contributed by atoms with Gasteiger partial charge in [0.2, 0.25) is 11.8 Å². The van der Waals surface area contributed by atoms with Gasteiger partial charge in [0.1, 0.15) is 0 Å². The maximum atomic E-state index is 12.6. The summed E-state index contributed by atoms with van der Waals surface area (Å²) < 4.78 is 0. The van der Waals surface area contributed by atoms with Crippen LogP contribution in [-0.2, 0) is 16.1 Å². The van der Waals surface area contributed by atoms with Gasteiger partial charge in [0.05, 0.1) is 22.3 Å². The largest absolute Gasteiger partial charge is 0.340 e. The topological polar surface area (TPSA) is 65.5 Å². The molecule has 1 saturated heterocycles. The molecule has 0 spiro atoms. The maximum absolute atomic E-state index is 12.6. The molecule has 9 heteroatoms. The van der Waals surface area contributed by atoms with E-state index in [0.717, 1.165) is 37.2 Å². The minimum atomic E-state index is -0.0421. The summed E-state index contributed by atoms with van der Waals surface area (Å²) in [4.78, 5) is 33.0. The van der Waals surface area contributed by atoms with E-state index >= 15 is 0 Å². The lowest BCUT2D eigenvalue weighted by Crippen LogP contribution is -2.43. The highest BCUT2D eigenvalue weighted by molar-refractivity contribution is 7.13. The number of piperidine rings is 1. The van der Waals surface area contributed by atoms with Crippen molar-refractivity contribution in [3.8, 4) is 0 Å². The number of aromatic nitrogens is 1. The van der Waals surface area contributed by atoms with Crippen LogP contribution >= 0.6 is 34.5 Å². The van der Waals surface area contributed by atoms with E-state index in [1.54, 1.807) is 24.1 Å². The molecule has 0 atom stereocenters. The molecule has 1 fully saturated rings. The fraction of sp³-hybridized carbons (Fsp3) is 0.450. The lowest BCUT2D eigenvalue weighted by molar-refractivity contribution is -0.132. The number of halogens is 2. The molecule has 0 bridgehead atoms. The average molecular weight is 455 g/mol. The minimum Gasteiger partial charge on any atom is -0.340 e. The molecule has 3 rings (SSSR count). The first-order valence-corrected chi connectivity index (χ1v) is 11.1. The Kier molecular flexibility index (Phi) is 7.51. The maximum Gasteiger partial charge on any atom is 0.236 e. The van der Waals surface area contributed by atoms with Crippen molar-refractivity contribution in [3.63, 3.8) is 0 Å². The average Bonchev–Trinajstić information content (AvgIpc) is 3.09. The molecule has 2 aromatic rings. The van der Waals surface area contributed by atoms with Crippen molar-refractivity contribution in [2.45, 2.75) is 26.3 Å². The zero-order valence-corrected chi connectivity index (χ0v) is 18.8.